The van der Waals surface area contributed by atoms with Gasteiger partial charge in [0.1, 0.15) is 0 Å². The molecule has 1 aromatic rings. The molecule has 1 aliphatic heterocycles. The van der Waals surface area contributed by atoms with E-state index in [0.717, 1.165) is 49.9 Å². The maximum atomic E-state index is 6.46. The highest BCUT2D eigenvalue weighted by Crippen LogP contribution is 2.33. The molecule has 0 aliphatic carbocycles. The molecule has 0 saturated carbocycles. The van der Waals surface area contributed by atoms with Gasteiger partial charge in [-0.25, -0.2) is 0 Å². The SMILES string of the molecule is CCCNCc1cccc(Cl)c1N1CCOC(C)(C)C1. The highest BCUT2D eigenvalue weighted by Gasteiger charge is 2.29. The molecule has 0 spiro atoms. The van der Waals surface area contributed by atoms with Gasteiger partial charge in [0.05, 0.1) is 22.9 Å². The Morgan fingerprint density at radius 3 is 2.90 bits per heavy atom. The summed E-state index contributed by atoms with van der Waals surface area (Å²) in [5, 5.41) is 4.29. The predicted molar refractivity (Wildman–Crippen MR) is 85.7 cm³/mol. The molecule has 0 amide bonds. The van der Waals surface area contributed by atoms with Crippen LogP contribution in [0, 0.1) is 0 Å². The Morgan fingerprint density at radius 2 is 2.20 bits per heavy atom. The predicted octanol–water partition coefficient (Wildman–Crippen LogP) is 3.45. The van der Waals surface area contributed by atoms with Crippen LogP contribution in [0.2, 0.25) is 5.02 Å². The quantitative estimate of drug-likeness (QED) is 0.842. The maximum absolute atomic E-state index is 6.46. The number of nitrogens with one attached hydrogen (secondary N) is 1. The lowest BCUT2D eigenvalue weighted by Crippen LogP contribution is -2.48. The normalized spacial score (nSPS) is 18.3. The second kappa shape index (κ2) is 6.79. The van der Waals surface area contributed by atoms with Crippen molar-refractivity contribution in [3.8, 4) is 0 Å². The molecule has 1 aliphatic rings. The Bertz CT molecular complexity index is 448. The molecule has 0 bridgehead atoms. The topological polar surface area (TPSA) is 24.5 Å². The highest BCUT2D eigenvalue weighted by molar-refractivity contribution is 6.33. The lowest BCUT2D eigenvalue weighted by molar-refractivity contribution is -0.0277. The van der Waals surface area contributed by atoms with E-state index in [4.69, 9.17) is 16.3 Å². The summed E-state index contributed by atoms with van der Waals surface area (Å²) in [6.45, 7) is 10.8. The summed E-state index contributed by atoms with van der Waals surface area (Å²) in [5.41, 5.74) is 2.31. The van der Waals surface area contributed by atoms with Gasteiger partial charge in [0.15, 0.2) is 0 Å². The minimum Gasteiger partial charge on any atom is -0.372 e. The van der Waals surface area contributed by atoms with Gasteiger partial charge in [0.25, 0.3) is 0 Å². The highest BCUT2D eigenvalue weighted by atomic mass is 35.5. The van der Waals surface area contributed by atoms with Crippen molar-refractivity contribution in [2.24, 2.45) is 0 Å². The minimum absolute atomic E-state index is 0.120. The van der Waals surface area contributed by atoms with Gasteiger partial charge in [-0.3, -0.25) is 0 Å². The summed E-state index contributed by atoms with van der Waals surface area (Å²) in [5.74, 6) is 0. The molecule has 1 saturated heterocycles. The fourth-order valence-electron chi connectivity index (χ4n) is 2.66. The molecule has 1 heterocycles. The fourth-order valence-corrected chi connectivity index (χ4v) is 2.98. The van der Waals surface area contributed by atoms with Crippen LogP contribution in [-0.4, -0.2) is 31.8 Å². The summed E-state index contributed by atoms with van der Waals surface area (Å²) in [6.07, 6.45) is 1.14. The third kappa shape index (κ3) is 3.87. The number of hydrogen-bond donors (Lipinski definition) is 1. The van der Waals surface area contributed by atoms with E-state index in [-0.39, 0.29) is 5.60 Å². The molecule has 112 valence electrons. The molecule has 3 nitrogen and oxygen atoms in total. The van der Waals surface area contributed by atoms with Gasteiger partial charge in [-0.15, -0.1) is 0 Å². The Kier molecular flexibility index (Phi) is 5.30. The summed E-state index contributed by atoms with van der Waals surface area (Å²) in [4.78, 5) is 2.36. The van der Waals surface area contributed by atoms with Crippen molar-refractivity contribution in [3.63, 3.8) is 0 Å². The Labute approximate surface area is 127 Å². The standard InChI is InChI=1S/C16H25ClN2O/c1-4-8-18-11-13-6-5-7-14(17)15(13)19-9-10-20-16(2,3)12-19/h5-7,18H,4,8-12H2,1-3H3. The van der Waals surface area contributed by atoms with E-state index in [9.17, 15) is 0 Å². The van der Waals surface area contributed by atoms with Crippen molar-refractivity contribution in [2.45, 2.75) is 39.3 Å². The molecule has 4 heteroatoms. The Morgan fingerprint density at radius 1 is 1.40 bits per heavy atom. The van der Waals surface area contributed by atoms with Gasteiger partial charge >= 0.3 is 0 Å². The molecule has 0 unspecified atom stereocenters. The van der Waals surface area contributed by atoms with Crippen LogP contribution in [0.15, 0.2) is 18.2 Å². The first-order valence-electron chi connectivity index (χ1n) is 7.40. The van der Waals surface area contributed by atoms with Crippen molar-refractivity contribution in [2.75, 3.05) is 31.1 Å². The van der Waals surface area contributed by atoms with Crippen molar-refractivity contribution in [1.82, 2.24) is 5.32 Å². The number of para-hydroxylation sites is 1. The first kappa shape index (κ1) is 15.6. The lowest BCUT2D eigenvalue weighted by Gasteiger charge is -2.40. The maximum Gasteiger partial charge on any atom is 0.0801 e. The smallest absolute Gasteiger partial charge is 0.0801 e. The van der Waals surface area contributed by atoms with Crippen molar-refractivity contribution in [1.29, 1.82) is 0 Å². The molecule has 0 radical (unpaired) electrons. The average Bonchev–Trinajstić information content (AvgIpc) is 2.38. The summed E-state index contributed by atoms with van der Waals surface area (Å²) < 4.78 is 5.79. The van der Waals surface area contributed by atoms with Gasteiger partial charge in [0.2, 0.25) is 0 Å². The second-order valence-corrected chi connectivity index (χ2v) is 6.36. The zero-order valence-electron chi connectivity index (χ0n) is 12.7. The third-order valence-electron chi connectivity index (χ3n) is 3.55. The molecular weight excluding hydrogens is 272 g/mol. The molecule has 1 fully saturated rings. The number of anilines is 1. The van der Waals surface area contributed by atoms with Gasteiger partial charge in [-0.2, -0.15) is 0 Å². The van der Waals surface area contributed by atoms with Crippen LogP contribution in [-0.2, 0) is 11.3 Å². The van der Waals surface area contributed by atoms with Crippen LogP contribution < -0.4 is 10.2 Å². The van der Waals surface area contributed by atoms with Crippen molar-refractivity contribution >= 4 is 17.3 Å². The van der Waals surface area contributed by atoms with Crippen molar-refractivity contribution in [3.05, 3.63) is 28.8 Å². The summed E-state index contributed by atoms with van der Waals surface area (Å²) in [7, 11) is 0. The van der Waals surface area contributed by atoms with Crippen LogP contribution in [0.5, 0.6) is 0 Å². The van der Waals surface area contributed by atoms with E-state index in [1.54, 1.807) is 0 Å². The first-order valence-corrected chi connectivity index (χ1v) is 7.78. The number of halogens is 1. The zero-order chi connectivity index (χ0) is 14.6. The molecule has 0 atom stereocenters. The van der Waals surface area contributed by atoms with Crippen LogP contribution >= 0.6 is 11.6 Å². The Balaban J connectivity index is 2.20. The largest absolute Gasteiger partial charge is 0.372 e. The molecule has 1 N–H and O–H groups in total. The molecule has 1 aromatic carbocycles. The van der Waals surface area contributed by atoms with Crippen LogP contribution in [0.1, 0.15) is 32.8 Å². The van der Waals surface area contributed by atoms with E-state index >= 15 is 0 Å². The zero-order valence-corrected chi connectivity index (χ0v) is 13.5. The van der Waals surface area contributed by atoms with Gasteiger partial charge in [0, 0.05) is 19.6 Å². The first-order chi connectivity index (χ1) is 9.53. The molecular formula is C16H25ClN2O. The fraction of sp³-hybridized carbons (Fsp3) is 0.625. The number of hydrogen-bond acceptors (Lipinski definition) is 3. The lowest BCUT2D eigenvalue weighted by atomic mass is 10.0. The summed E-state index contributed by atoms with van der Waals surface area (Å²) >= 11 is 6.46. The van der Waals surface area contributed by atoms with E-state index in [1.807, 2.05) is 12.1 Å². The van der Waals surface area contributed by atoms with Gasteiger partial charge < -0.3 is 15.0 Å². The van der Waals surface area contributed by atoms with Gasteiger partial charge in [-0.05, 0) is 38.4 Å². The van der Waals surface area contributed by atoms with E-state index < -0.39 is 0 Å². The van der Waals surface area contributed by atoms with Crippen molar-refractivity contribution < 1.29 is 4.74 Å². The third-order valence-corrected chi connectivity index (χ3v) is 3.86. The number of morpholine rings is 1. The minimum atomic E-state index is -0.120. The summed E-state index contributed by atoms with van der Waals surface area (Å²) in [6, 6.07) is 6.16. The van der Waals surface area contributed by atoms with Crippen LogP contribution in [0.25, 0.3) is 0 Å². The second-order valence-electron chi connectivity index (χ2n) is 5.95. The monoisotopic (exact) mass is 296 g/mol. The molecule has 0 aromatic heterocycles. The molecule has 20 heavy (non-hydrogen) atoms. The van der Waals surface area contributed by atoms with E-state index in [2.05, 4.69) is 37.1 Å². The average molecular weight is 297 g/mol. The number of benzene rings is 1. The Hall–Kier alpha value is -0.770. The van der Waals surface area contributed by atoms with E-state index in [1.165, 1.54) is 5.56 Å². The van der Waals surface area contributed by atoms with Crippen LogP contribution in [0.4, 0.5) is 5.69 Å². The van der Waals surface area contributed by atoms with Gasteiger partial charge in [-0.1, -0.05) is 30.7 Å². The van der Waals surface area contributed by atoms with E-state index in [0.29, 0.717) is 0 Å². The number of rotatable bonds is 5. The number of ether oxygens (including phenoxy) is 1. The number of nitrogens with zero attached hydrogens (tertiary/aromatic N) is 1. The molecule has 2 rings (SSSR count). The van der Waals surface area contributed by atoms with Crippen LogP contribution in [0.3, 0.4) is 0 Å².